The fourth-order valence-corrected chi connectivity index (χ4v) is 2.12. The van der Waals surface area contributed by atoms with E-state index in [2.05, 4.69) is 10.2 Å². The van der Waals surface area contributed by atoms with E-state index in [-0.39, 0.29) is 5.69 Å². The van der Waals surface area contributed by atoms with Crippen LogP contribution in [0, 0.1) is 0 Å². The molecule has 0 radical (unpaired) electrons. The second-order valence-electron chi connectivity index (χ2n) is 3.38. The van der Waals surface area contributed by atoms with E-state index >= 15 is 0 Å². The predicted molar refractivity (Wildman–Crippen MR) is 65.4 cm³/mol. The predicted octanol–water partition coefficient (Wildman–Crippen LogP) is 0.850. The van der Waals surface area contributed by atoms with Gasteiger partial charge in [-0.15, -0.1) is 5.10 Å². The maximum absolute atomic E-state index is 11.2. The van der Waals surface area contributed by atoms with Gasteiger partial charge < -0.3 is 10.5 Å². The molecule has 0 aliphatic rings. The molecule has 0 aliphatic carbocycles. The molecule has 1 aromatic carbocycles. The summed E-state index contributed by atoms with van der Waals surface area (Å²) in [5, 5.41) is 6.82. The van der Waals surface area contributed by atoms with Gasteiger partial charge in [0.1, 0.15) is 5.75 Å². The monoisotopic (exact) mass is 252 g/mol. The molecule has 1 heterocycles. The molecular formula is C10H12N4O2S. The molecule has 0 bridgehead atoms. The summed E-state index contributed by atoms with van der Waals surface area (Å²) < 4.78 is 6.54. The van der Waals surface area contributed by atoms with Crippen LogP contribution in [0.5, 0.6) is 5.75 Å². The first-order valence-corrected chi connectivity index (χ1v) is 5.66. The number of anilines is 1. The number of nitrogens with zero attached hydrogens (tertiary/aromatic N) is 2. The van der Waals surface area contributed by atoms with Crippen LogP contribution in [0.4, 0.5) is 5.69 Å². The minimum atomic E-state index is -0.256. The van der Waals surface area contributed by atoms with Crippen molar-refractivity contribution in [2.75, 3.05) is 12.8 Å². The largest absolute Gasteiger partial charge is 0.497 e. The van der Waals surface area contributed by atoms with Gasteiger partial charge in [-0.25, -0.2) is 9.89 Å². The van der Waals surface area contributed by atoms with Crippen molar-refractivity contribution in [3.8, 4) is 5.75 Å². The third-order valence-electron chi connectivity index (χ3n) is 2.26. The molecule has 0 saturated heterocycles. The molecular weight excluding hydrogens is 240 g/mol. The third-order valence-corrected chi connectivity index (χ3v) is 3.38. The molecule has 0 aliphatic heterocycles. The van der Waals surface area contributed by atoms with Crippen molar-refractivity contribution >= 4 is 17.4 Å². The molecule has 6 nitrogen and oxygen atoms in total. The van der Waals surface area contributed by atoms with E-state index in [1.54, 1.807) is 32.4 Å². The minimum Gasteiger partial charge on any atom is -0.497 e. The lowest BCUT2D eigenvalue weighted by Gasteiger charge is -2.06. The summed E-state index contributed by atoms with van der Waals surface area (Å²) in [6.45, 7) is 0. The zero-order valence-corrected chi connectivity index (χ0v) is 10.2. The first-order valence-electron chi connectivity index (χ1n) is 4.84. The Morgan fingerprint density at radius 3 is 2.88 bits per heavy atom. The Labute approximate surface area is 102 Å². The van der Waals surface area contributed by atoms with Gasteiger partial charge in [0, 0.05) is 17.6 Å². The summed E-state index contributed by atoms with van der Waals surface area (Å²) in [5.41, 5.74) is 6.21. The Hall–Kier alpha value is -1.89. The van der Waals surface area contributed by atoms with E-state index in [9.17, 15) is 4.79 Å². The van der Waals surface area contributed by atoms with Crippen molar-refractivity contribution in [1.29, 1.82) is 0 Å². The summed E-state index contributed by atoms with van der Waals surface area (Å²) in [6, 6.07) is 5.34. The van der Waals surface area contributed by atoms with Gasteiger partial charge >= 0.3 is 5.69 Å². The first kappa shape index (κ1) is 11.6. The average Bonchev–Trinajstić information content (AvgIpc) is 2.64. The summed E-state index contributed by atoms with van der Waals surface area (Å²) >= 11 is 1.31. The van der Waals surface area contributed by atoms with Gasteiger partial charge in [0.15, 0.2) is 5.16 Å². The molecule has 3 N–H and O–H groups in total. The van der Waals surface area contributed by atoms with E-state index < -0.39 is 0 Å². The summed E-state index contributed by atoms with van der Waals surface area (Å²) in [4.78, 5) is 12.0. The van der Waals surface area contributed by atoms with Crippen LogP contribution in [-0.2, 0) is 7.05 Å². The van der Waals surface area contributed by atoms with Gasteiger partial charge in [0.2, 0.25) is 0 Å². The number of nitrogens with one attached hydrogen (secondary N) is 1. The second kappa shape index (κ2) is 4.54. The summed E-state index contributed by atoms with van der Waals surface area (Å²) in [7, 11) is 3.23. The lowest BCUT2D eigenvalue weighted by molar-refractivity contribution is 0.414. The SMILES string of the molecule is COc1ccc(N)c(Sc2n[nH]c(=O)n2C)c1. The van der Waals surface area contributed by atoms with Gasteiger partial charge in [0.05, 0.1) is 7.11 Å². The zero-order valence-electron chi connectivity index (χ0n) is 9.43. The molecule has 90 valence electrons. The smallest absolute Gasteiger partial charge is 0.343 e. The van der Waals surface area contributed by atoms with Gasteiger partial charge in [-0.3, -0.25) is 4.57 Å². The van der Waals surface area contributed by atoms with Gasteiger partial charge in [-0.05, 0) is 30.0 Å². The molecule has 0 saturated carbocycles. The number of hydrogen-bond donors (Lipinski definition) is 2. The lowest BCUT2D eigenvalue weighted by Crippen LogP contribution is -2.12. The molecule has 0 amide bonds. The Morgan fingerprint density at radius 1 is 1.53 bits per heavy atom. The normalized spacial score (nSPS) is 10.5. The van der Waals surface area contributed by atoms with Gasteiger partial charge in [-0.2, -0.15) is 0 Å². The van der Waals surface area contributed by atoms with E-state index in [1.165, 1.54) is 16.3 Å². The second-order valence-corrected chi connectivity index (χ2v) is 4.39. The number of nitrogens with two attached hydrogens (primary N) is 1. The van der Waals surface area contributed by atoms with Gasteiger partial charge in [0.25, 0.3) is 0 Å². The van der Waals surface area contributed by atoms with Crippen LogP contribution in [0.1, 0.15) is 0 Å². The highest BCUT2D eigenvalue weighted by atomic mass is 32.2. The van der Waals surface area contributed by atoms with E-state index in [1.807, 2.05) is 0 Å². The van der Waals surface area contributed by atoms with Crippen LogP contribution in [0.2, 0.25) is 0 Å². The third kappa shape index (κ3) is 2.28. The van der Waals surface area contributed by atoms with Crippen molar-refractivity contribution < 1.29 is 4.74 Å². The number of rotatable bonds is 3. The maximum atomic E-state index is 11.2. The molecule has 1 aromatic heterocycles. The number of benzene rings is 1. The van der Waals surface area contributed by atoms with Crippen LogP contribution >= 0.6 is 11.8 Å². The van der Waals surface area contributed by atoms with Crippen molar-refractivity contribution in [3.05, 3.63) is 28.7 Å². The number of aromatic amines is 1. The van der Waals surface area contributed by atoms with E-state index in [0.717, 1.165) is 4.90 Å². The van der Waals surface area contributed by atoms with Crippen molar-refractivity contribution in [2.45, 2.75) is 10.1 Å². The number of H-pyrrole nitrogens is 1. The highest BCUT2D eigenvalue weighted by molar-refractivity contribution is 7.99. The van der Waals surface area contributed by atoms with Crippen molar-refractivity contribution in [3.63, 3.8) is 0 Å². The van der Waals surface area contributed by atoms with Crippen LogP contribution in [0.3, 0.4) is 0 Å². The van der Waals surface area contributed by atoms with Crippen molar-refractivity contribution in [1.82, 2.24) is 14.8 Å². The summed E-state index contributed by atoms with van der Waals surface area (Å²) in [6.07, 6.45) is 0. The number of methoxy groups -OCH3 is 1. The number of nitrogen functional groups attached to an aromatic ring is 1. The number of ether oxygens (including phenoxy) is 1. The van der Waals surface area contributed by atoms with Crippen LogP contribution < -0.4 is 16.2 Å². The molecule has 0 atom stereocenters. The highest BCUT2D eigenvalue weighted by Crippen LogP contribution is 2.32. The lowest BCUT2D eigenvalue weighted by atomic mass is 10.3. The van der Waals surface area contributed by atoms with Crippen LogP contribution in [-0.4, -0.2) is 21.9 Å². The summed E-state index contributed by atoms with van der Waals surface area (Å²) in [5.74, 6) is 0.710. The molecule has 0 fully saturated rings. The minimum absolute atomic E-state index is 0.256. The van der Waals surface area contributed by atoms with E-state index in [4.69, 9.17) is 10.5 Å². The highest BCUT2D eigenvalue weighted by Gasteiger charge is 2.09. The standard InChI is InChI=1S/C10H12N4O2S/c1-14-9(15)12-13-10(14)17-8-5-6(16-2)3-4-7(8)11/h3-5H,11H2,1-2H3,(H,12,15). The fraction of sp³-hybridized carbons (Fsp3) is 0.200. The Bertz CT molecular complexity index is 590. The fourth-order valence-electron chi connectivity index (χ4n) is 1.25. The molecule has 2 aromatic rings. The maximum Gasteiger partial charge on any atom is 0.343 e. The Balaban J connectivity index is 2.35. The Morgan fingerprint density at radius 2 is 2.29 bits per heavy atom. The molecule has 0 unspecified atom stereocenters. The quantitative estimate of drug-likeness (QED) is 0.791. The van der Waals surface area contributed by atoms with E-state index in [0.29, 0.717) is 16.6 Å². The topological polar surface area (TPSA) is 85.9 Å². The van der Waals surface area contributed by atoms with Gasteiger partial charge in [-0.1, -0.05) is 0 Å². The zero-order chi connectivity index (χ0) is 12.4. The van der Waals surface area contributed by atoms with Crippen LogP contribution in [0.25, 0.3) is 0 Å². The number of aromatic nitrogens is 3. The number of hydrogen-bond acceptors (Lipinski definition) is 5. The Kier molecular flexibility index (Phi) is 3.10. The molecule has 7 heteroatoms. The first-order chi connectivity index (χ1) is 8.11. The average molecular weight is 252 g/mol. The molecule has 2 rings (SSSR count). The molecule has 0 spiro atoms. The van der Waals surface area contributed by atoms with Crippen molar-refractivity contribution in [2.24, 2.45) is 7.05 Å². The van der Waals surface area contributed by atoms with Crippen LogP contribution in [0.15, 0.2) is 33.0 Å². The molecule has 17 heavy (non-hydrogen) atoms.